The fourth-order valence-electron chi connectivity index (χ4n) is 3.66. The number of nitrogens with zero attached hydrogens (tertiary/aromatic N) is 3. The van der Waals surface area contributed by atoms with Gasteiger partial charge in [0, 0.05) is 24.8 Å². The maximum absolute atomic E-state index is 14.8. The van der Waals surface area contributed by atoms with Crippen molar-refractivity contribution in [3.8, 4) is 17.1 Å². The number of carbonyl (C=O) groups is 1. The fraction of sp³-hybridized carbons (Fsp3) is 0.348. The Morgan fingerprint density at radius 3 is 2.65 bits per heavy atom. The molecule has 4 rings (SSSR count). The number of rotatable bonds is 6. The highest BCUT2D eigenvalue weighted by Crippen LogP contribution is 2.31. The molecule has 1 fully saturated rings. The lowest BCUT2D eigenvalue weighted by atomic mass is 9.95. The smallest absolute Gasteiger partial charge is 0.416 e. The first-order chi connectivity index (χ1) is 16.2. The molecule has 2 N–H and O–H groups in total. The van der Waals surface area contributed by atoms with Gasteiger partial charge in [0.2, 0.25) is 5.67 Å². The average molecular weight is 477 g/mol. The number of amides is 1. The van der Waals surface area contributed by atoms with Gasteiger partial charge in [-0.15, -0.1) is 10.2 Å². The lowest BCUT2D eigenvalue weighted by Crippen LogP contribution is -2.50. The number of benzene rings is 2. The number of piperidine rings is 1. The molecule has 0 bridgehead atoms. The zero-order valence-electron chi connectivity index (χ0n) is 18.3. The van der Waals surface area contributed by atoms with E-state index in [9.17, 15) is 22.4 Å². The number of halogens is 4. The molecule has 2 heterocycles. The standard InChI is InChI=1S/C23H23F4N5O2/c1-32-19(13-34-18-5-2-4-16(12-18)23(25,26)27)30-31-20(32)15-6-8-17(9-7-15)29-21(33)22(24)10-3-11-28-14-22/h2,4-9,12,28H,3,10-11,13-14H2,1H3,(H,29,33). The van der Waals surface area contributed by atoms with Crippen LogP contribution in [0.5, 0.6) is 5.75 Å². The van der Waals surface area contributed by atoms with Crippen LogP contribution in [0.1, 0.15) is 24.2 Å². The number of hydrogen-bond donors (Lipinski definition) is 2. The van der Waals surface area contributed by atoms with E-state index in [2.05, 4.69) is 20.8 Å². The summed E-state index contributed by atoms with van der Waals surface area (Å²) in [6.45, 7) is 0.602. The Labute approximate surface area is 193 Å². The number of alkyl halides is 4. The average Bonchev–Trinajstić information content (AvgIpc) is 3.18. The van der Waals surface area contributed by atoms with Gasteiger partial charge in [-0.05, 0) is 61.9 Å². The van der Waals surface area contributed by atoms with Crippen LogP contribution in [0, 0.1) is 0 Å². The monoisotopic (exact) mass is 477 g/mol. The minimum Gasteiger partial charge on any atom is -0.486 e. The summed E-state index contributed by atoms with van der Waals surface area (Å²) in [5.74, 6) is 0.298. The summed E-state index contributed by atoms with van der Waals surface area (Å²) < 4.78 is 60.5. The van der Waals surface area contributed by atoms with Crippen LogP contribution in [0.15, 0.2) is 48.5 Å². The second-order valence-corrected chi connectivity index (χ2v) is 8.09. The number of anilines is 1. The van der Waals surface area contributed by atoms with Crippen molar-refractivity contribution in [1.29, 1.82) is 0 Å². The zero-order chi connectivity index (χ0) is 24.3. The summed E-state index contributed by atoms with van der Waals surface area (Å²) in [6, 6.07) is 11.3. The summed E-state index contributed by atoms with van der Waals surface area (Å²) in [6.07, 6.45) is -3.69. The number of hydrogen-bond acceptors (Lipinski definition) is 5. The van der Waals surface area contributed by atoms with Crippen molar-refractivity contribution in [3.63, 3.8) is 0 Å². The van der Waals surface area contributed by atoms with Gasteiger partial charge in [-0.25, -0.2) is 4.39 Å². The molecule has 180 valence electrons. The minimum atomic E-state index is -4.46. The third kappa shape index (κ3) is 5.19. The first kappa shape index (κ1) is 23.7. The molecule has 1 unspecified atom stereocenters. The summed E-state index contributed by atoms with van der Waals surface area (Å²) >= 11 is 0. The first-order valence-electron chi connectivity index (χ1n) is 10.7. The van der Waals surface area contributed by atoms with Crippen LogP contribution in [0.4, 0.5) is 23.2 Å². The lowest BCUT2D eigenvalue weighted by Gasteiger charge is -2.28. The molecule has 1 aliphatic rings. The fourth-order valence-corrected chi connectivity index (χ4v) is 3.66. The molecule has 1 atom stereocenters. The highest BCUT2D eigenvalue weighted by molar-refractivity contribution is 5.97. The molecule has 3 aromatic rings. The van der Waals surface area contributed by atoms with E-state index in [1.165, 1.54) is 12.1 Å². The third-order valence-electron chi connectivity index (χ3n) is 5.63. The van der Waals surface area contributed by atoms with Gasteiger partial charge in [0.1, 0.15) is 12.4 Å². The van der Waals surface area contributed by atoms with Gasteiger partial charge in [0.15, 0.2) is 11.6 Å². The van der Waals surface area contributed by atoms with Crippen molar-refractivity contribution in [2.24, 2.45) is 7.05 Å². The van der Waals surface area contributed by atoms with Gasteiger partial charge in [0.25, 0.3) is 5.91 Å². The van der Waals surface area contributed by atoms with Gasteiger partial charge in [0.05, 0.1) is 5.56 Å². The van der Waals surface area contributed by atoms with E-state index in [1.807, 2.05) is 0 Å². The first-order valence-corrected chi connectivity index (χ1v) is 10.7. The molecule has 2 aromatic carbocycles. The lowest BCUT2D eigenvalue weighted by molar-refractivity contribution is -0.137. The van der Waals surface area contributed by atoms with Crippen molar-refractivity contribution < 1.29 is 27.1 Å². The van der Waals surface area contributed by atoms with Crippen molar-refractivity contribution >= 4 is 11.6 Å². The van der Waals surface area contributed by atoms with Crippen molar-refractivity contribution in [2.75, 3.05) is 18.4 Å². The van der Waals surface area contributed by atoms with Gasteiger partial charge in [-0.2, -0.15) is 13.2 Å². The summed E-state index contributed by atoms with van der Waals surface area (Å²) in [7, 11) is 1.71. The van der Waals surface area contributed by atoms with E-state index in [1.54, 1.807) is 35.9 Å². The largest absolute Gasteiger partial charge is 0.486 e. The zero-order valence-corrected chi connectivity index (χ0v) is 18.3. The van der Waals surface area contributed by atoms with Crippen molar-refractivity contribution in [2.45, 2.75) is 31.3 Å². The third-order valence-corrected chi connectivity index (χ3v) is 5.63. The molecule has 11 heteroatoms. The molecule has 1 saturated heterocycles. The Hall–Kier alpha value is -3.47. The molecule has 1 amide bonds. The number of ether oxygens (including phenoxy) is 1. The molecule has 1 aromatic heterocycles. The predicted molar refractivity (Wildman–Crippen MR) is 117 cm³/mol. The molecule has 0 radical (unpaired) electrons. The maximum Gasteiger partial charge on any atom is 0.416 e. The number of carbonyl (C=O) groups excluding carboxylic acids is 1. The van der Waals surface area contributed by atoms with Gasteiger partial charge < -0.3 is 19.9 Å². The van der Waals surface area contributed by atoms with Crippen LogP contribution < -0.4 is 15.4 Å². The van der Waals surface area contributed by atoms with Gasteiger partial charge >= 0.3 is 6.18 Å². The Kier molecular flexibility index (Phi) is 6.56. The SMILES string of the molecule is Cn1c(COc2cccc(C(F)(F)F)c2)nnc1-c1ccc(NC(=O)C2(F)CCCNC2)cc1. The summed E-state index contributed by atoms with van der Waals surface area (Å²) in [5.41, 5.74) is -1.59. The van der Waals surface area contributed by atoms with Crippen LogP contribution in [0.25, 0.3) is 11.4 Å². The molecule has 0 saturated carbocycles. The quantitative estimate of drug-likeness (QED) is 0.523. The van der Waals surface area contributed by atoms with Crippen LogP contribution in [-0.4, -0.2) is 39.4 Å². The minimum absolute atomic E-state index is 0.0127. The predicted octanol–water partition coefficient (Wildman–Crippen LogP) is 4.11. The Morgan fingerprint density at radius 2 is 1.97 bits per heavy atom. The summed E-state index contributed by atoms with van der Waals surface area (Å²) in [4.78, 5) is 12.3. The second-order valence-electron chi connectivity index (χ2n) is 8.09. The van der Waals surface area contributed by atoms with E-state index < -0.39 is 23.3 Å². The van der Waals surface area contributed by atoms with Gasteiger partial charge in [-0.1, -0.05) is 6.07 Å². The molecule has 1 aliphatic heterocycles. The number of aromatic nitrogens is 3. The molecule has 0 aliphatic carbocycles. The molecule has 7 nitrogen and oxygen atoms in total. The highest BCUT2D eigenvalue weighted by Gasteiger charge is 2.39. The van der Waals surface area contributed by atoms with Gasteiger partial charge in [-0.3, -0.25) is 4.79 Å². The van der Waals surface area contributed by atoms with E-state index in [-0.39, 0.29) is 25.3 Å². The van der Waals surface area contributed by atoms with Crippen LogP contribution in [-0.2, 0) is 24.6 Å². The Morgan fingerprint density at radius 1 is 1.21 bits per heavy atom. The maximum atomic E-state index is 14.8. The highest BCUT2D eigenvalue weighted by atomic mass is 19.4. The van der Waals surface area contributed by atoms with E-state index in [4.69, 9.17) is 4.74 Å². The summed E-state index contributed by atoms with van der Waals surface area (Å²) in [5, 5.41) is 13.7. The van der Waals surface area contributed by atoms with Crippen LogP contribution in [0.2, 0.25) is 0 Å². The molecule has 34 heavy (non-hydrogen) atoms. The Bertz CT molecular complexity index is 1150. The molecule has 0 spiro atoms. The Balaban J connectivity index is 1.41. The normalized spacial score (nSPS) is 18.5. The van der Waals surface area contributed by atoms with E-state index in [0.29, 0.717) is 35.9 Å². The van der Waals surface area contributed by atoms with Crippen molar-refractivity contribution in [3.05, 3.63) is 59.9 Å². The number of nitrogens with one attached hydrogen (secondary N) is 2. The van der Waals surface area contributed by atoms with Crippen LogP contribution >= 0.6 is 0 Å². The van der Waals surface area contributed by atoms with E-state index in [0.717, 1.165) is 12.1 Å². The topological polar surface area (TPSA) is 81.1 Å². The molecular weight excluding hydrogens is 454 g/mol. The van der Waals surface area contributed by atoms with E-state index >= 15 is 0 Å². The van der Waals surface area contributed by atoms with Crippen LogP contribution in [0.3, 0.4) is 0 Å². The second kappa shape index (κ2) is 9.41. The molecular formula is C23H23F4N5O2. The van der Waals surface area contributed by atoms with Crippen molar-refractivity contribution in [1.82, 2.24) is 20.1 Å².